The van der Waals surface area contributed by atoms with E-state index in [1.165, 1.54) is 32.4 Å². The summed E-state index contributed by atoms with van der Waals surface area (Å²) in [6.07, 6.45) is 17.9. The van der Waals surface area contributed by atoms with E-state index in [0.717, 1.165) is 50.9 Å². The van der Waals surface area contributed by atoms with Gasteiger partial charge in [-0.15, -0.1) is 24.2 Å². The van der Waals surface area contributed by atoms with Crippen LogP contribution in [0, 0.1) is 12.8 Å². The van der Waals surface area contributed by atoms with Crippen molar-refractivity contribution in [2.45, 2.75) is 26.2 Å². The predicted molar refractivity (Wildman–Crippen MR) is 150 cm³/mol. The molecule has 0 aliphatic carbocycles. The topological polar surface area (TPSA) is 51.2 Å². The van der Waals surface area contributed by atoms with Gasteiger partial charge < -0.3 is 24.2 Å². The van der Waals surface area contributed by atoms with Crippen LogP contribution in [0.25, 0.3) is 20.5 Å². The number of phenolic OH excluding ortho intramolecular Hbond substituents is 1. The second-order valence-corrected chi connectivity index (χ2v) is 9.39. The number of benzene rings is 2. The highest BCUT2D eigenvalue weighted by Crippen LogP contribution is 2.46. The first-order valence-electron chi connectivity index (χ1n) is 12.2. The number of phenols is 1. The summed E-state index contributed by atoms with van der Waals surface area (Å²) < 4.78 is 18.7. The van der Waals surface area contributed by atoms with Gasteiger partial charge in [0.2, 0.25) is 0 Å². The average Bonchev–Trinajstić information content (AvgIpc) is 3.29. The number of ether oxygens (including phenoxy) is 3. The summed E-state index contributed by atoms with van der Waals surface area (Å²) in [7, 11) is 1.67. The molecule has 6 heteroatoms. The zero-order valence-corrected chi connectivity index (χ0v) is 21.9. The van der Waals surface area contributed by atoms with Gasteiger partial charge in [0.1, 0.15) is 17.3 Å². The van der Waals surface area contributed by atoms with Crippen LogP contribution in [0.1, 0.15) is 26.2 Å². The number of hydrogen-bond donors (Lipinski definition) is 1. The van der Waals surface area contributed by atoms with Gasteiger partial charge in [-0.05, 0) is 93.0 Å². The molecular formula is C30H35NO4S. The van der Waals surface area contributed by atoms with E-state index in [9.17, 15) is 5.11 Å². The van der Waals surface area contributed by atoms with E-state index in [2.05, 4.69) is 17.7 Å². The van der Waals surface area contributed by atoms with Crippen LogP contribution in [0.3, 0.4) is 0 Å². The average molecular weight is 506 g/mol. The van der Waals surface area contributed by atoms with Crippen LogP contribution in [0.4, 0.5) is 0 Å². The second kappa shape index (κ2) is 14.4. The van der Waals surface area contributed by atoms with E-state index in [4.69, 9.17) is 14.2 Å². The number of hydrogen-bond acceptors (Lipinski definition) is 6. The molecule has 4 rings (SSSR count). The zero-order chi connectivity index (χ0) is 25.8. The minimum absolute atomic E-state index is 0.242. The maximum Gasteiger partial charge on any atom is 0.153 e. The van der Waals surface area contributed by atoms with Crippen LogP contribution in [-0.4, -0.2) is 50.0 Å². The quantitative estimate of drug-likeness (QED) is 0.141. The third-order valence-electron chi connectivity index (χ3n) is 5.98. The van der Waals surface area contributed by atoms with Gasteiger partial charge in [-0.1, -0.05) is 12.5 Å². The van der Waals surface area contributed by atoms with Crippen molar-refractivity contribution in [2.24, 2.45) is 0 Å². The highest BCUT2D eigenvalue weighted by molar-refractivity contribution is 7.22. The molecule has 1 N–H and O–H groups in total. The Balaban J connectivity index is 0.00000176. The van der Waals surface area contributed by atoms with Crippen molar-refractivity contribution in [1.29, 1.82) is 0 Å². The number of aromatic hydroxyl groups is 1. The maximum atomic E-state index is 9.72. The minimum atomic E-state index is 0.242. The lowest BCUT2D eigenvalue weighted by Crippen LogP contribution is -2.32. The summed E-state index contributed by atoms with van der Waals surface area (Å²) >= 11 is 1.65. The Bertz CT molecular complexity index is 1170. The molecule has 0 unspecified atom stereocenters. The number of piperidine rings is 1. The molecule has 36 heavy (non-hydrogen) atoms. The first kappa shape index (κ1) is 27.3. The molecule has 0 spiro atoms. The summed E-state index contributed by atoms with van der Waals surface area (Å²) in [5.74, 6) is 2.61. The van der Waals surface area contributed by atoms with Crippen molar-refractivity contribution in [3.05, 3.63) is 66.5 Å². The first-order valence-corrected chi connectivity index (χ1v) is 13.0. The number of nitrogens with zero attached hydrogens (tertiary/aromatic N) is 1. The Morgan fingerprint density at radius 1 is 1.08 bits per heavy atom. The minimum Gasteiger partial charge on any atom is -0.508 e. The van der Waals surface area contributed by atoms with Crippen LogP contribution >= 0.6 is 11.3 Å². The number of rotatable bonds is 10. The fourth-order valence-electron chi connectivity index (χ4n) is 4.08. The van der Waals surface area contributed by atoms with Crippen molar-refractivity contribution in [1.82, 2.24) is 4.90 Å². The van der Waals surface area contributed by atoms with E-state index in [-0.39, 0.29) is 5.75 Å². The highest BCUT2D eigenvalue weighted by Gasteiger charge is 2.17. The summed E-state index contributed by atoms with van der Waals surface area (Å²) in [5.41, 5.74) is 0.994. The van der Waals surface area contributed by atoms with Gasteiger partial charge in [0.05, 0.1) is 25.2 Å². The van der Waals surface area contributed by atoms with E-state index in [0.29, 0.717) is 6.61 Å². The van der Waals surface area contributed by atoms with Crippen LogP contribution in [-0.2, 0) is 4.74 Å². The monoisotopic (exact) mass is 505 g/mol. The van der Waals surface area contributed by atoms with Crippen LogP contribution < -0.4 is 9.47 Å². The summed E-state index contributed by atoms with van der Waals surface area (Å²) in [5, 5.41) is 10.7. The van der Waals surface area contributed by atoms with E-state index in [1.807, 2.05) is 55.5 Å². The molecule has 3 aromatic rings. The van der Waals surface area contributed by atoms with Gasteiger partial charge in [0, 0.05) is 16.6 Å². The Morgan fingerprint density at radius 2 is 1.83 bits per heavy atom. The lowest BCUT2D eigenvalue weighted by atomic mass is 10.1. The third-order valence-corrected chi connectivity index (χ3v) is 7.17. The highest BCUT2D eigenvalue weighted by atomic mass is 32.1. The summed E-state index contributed by atoms with van der Waals surface area (Å²) in [6, 6.07) is 13.2. The fourth-order valence-corrected chi connectivity index (χ4v) is 5.25. The predicted octanol–water partition coefficient (Wildman–Crippen LogP) is 6.87. The largest absolute Gasteiger partial charge is 0.508 e. The number of allylic oxidation sites excluding steroid dienone is 2. The normalized spacial score (nSPS) is 14.5. The Kier molecular flexibility index (Phi) is 10.9. The van der Waals surface area contributed by atoms with Gasteiger partial charge >= 0.3 is 0 Å². The Hall–Kier alpha value is -3.24. The van der Waals surface area contributed by atoms with Gasteiger partial charge in [-0.25, -0.2) is 0 Å². The molecule has 5 nitrogen and oxygen atoms in total. The first-order chi connectivity index (χ1) is 17.7. The molecule has 0 radical (unpaired) electrons. The lowest BCUT2D eigenvalue weighted by molar-refractivity contribution is 0.114. The van der Waals surface area contributed by atoms with Crippen LogP contribution in [0.5, 0.6) is 17.2 Å². The molecule has 2 aromatic carbocycles. The van der Waals surface area contributed by atoms with Crippen molar-refractivity contribution in [2.75, 3.05) is 40.0 Å². The molecule has 0 amide bonds. The molecule has 1 saturated heterocycles. The van der Waals surface area contributed by atoms with Gasteiger partial charge in [-0.3, -0.25) is 0 Å². The molecule has 0 saturated carbocycles. The Labute approximate surface area is 218 Å². The molecule has 0 atom stereocenters. The molecule has 0 bridgehead atoms. The maximum absolute atomic E-state index is 9.72. The van der Waals surface area contributed by atoms with Crippen molar-refractivity contribution >= 4 is 21.4 Å². The molecule has 1 aliphatic heterocycles. The van der Waals surface area contributed by atoms with Gasteiger partial charge in [0.15, 0.2) is 5.75 Å². The molecular weight excluding hydrogens is 470 g/mol. The smallest absolute Gasteiger partial charge is 0.153 e. The van der Waals surface area contributed by atoms with Crippen molar-refractivity contribution < 1.29 is 19.3 Å². The van der Waals surface area contributed by atoms with Gasteiger partial charge in [-0.2, -0.15) is 0 Å². The standard InChI is InChI=1S/C28H33NO4S.C2H2/c1-3-23(8-7-18-32-19-17-29-15-5-4-6-16-29)33-27-25-14-13-24(31-2)20-26(25)34-28(27)21-9-11-22(30)12-10-21;1-2/h3,7-14,20,30H,4-6,15-19H2,1-2H3;1-2H/b8-7-,23-3+;. The number of likely N-dealkylation sites (tertiary alicyclic amines) is 1. The SMILES string of the molecule is C#C.C/C=C(\C=C/COCCN1CCCCC1)Oc1c(-c2ccc(O)cc2)sc2cc(OC)ccc12. The second-order valence-electron chi connectivity index (χ2n) is 8.34. The summed E-state index contributed by atoms with van der Waals surface area (Å²) in [4.78, 5) is 3.49. The van der Waals surface area contributed by atoms with Crippen molar-refractivity contribution in [3.8, 4) is 40.5 Å². The zero-order valence-electron chi connectivity index (χ0n) is 21.1. The summed E-state index contributed by atoms with van der Waals surface area (Å²) in [6.45, 7) is 6.66. The molecule has 190 valence electrons. The van der Waals surface area contributed by atoms with Crippen molar-refractivity contribution in [3.63, 3.8) is 0 Å². The lowest BCUT2D eigenvalue weighted by Gasteiger charge is -2.25. The molecule has 1 aromatic heterocycles. The number of methoxy groups -OCH3 is 1. The number of terminal acetylenes is 1. The Morgan fingerprint density at radius 3 is 2.53 bits per heavy atom. The third kappa shape index (κ3) is 7.38. The molecule has 2 heterocycles. The van der Waals surface area contributed by atoms with Crippen LogP contribution in [0.15, 0.2) is 66.5 Å². The van der Waals surface area contributed by atoms with E-state index < -0.39 is 0 Å². The van der Waals surface area contributed by atoms with Crippen LogP contribution in [0.2, 0.25) is 0 Å². The number of fused-ring (bicyclic) bond motifs is 1. The molecule has 1 aliphatic rings. The van der Waals surface area contributed by atoms with Gasteiger partial charge in [0.25, 0.3) is 0 Å². The molecule has 1 fully saturated rings. The van der Waals surface area contributed by atoms with E-state index in [1.54, 1.807) is 30.6 Å². The number of thiophene rings is 1. The van der Waals surface area contributed by atoms with E-state index >= 15 is 0 Å². The fraction of sp³-hybridized carbons (Fsp3) is 0.333.